The molecule has 0 spiro atoms. The lowest BCUT2D eigenvalue weighted by atomic mass is 10.1. The van der Waals surface area contributed by atoms with Crippen molar-refractivity contribution < 1.29 is 128 Å². The summed E-state index contributed by atoms with van der Waals surface area (Å²) in [4.78, 5) is 103. The summed E-state index contributed by atoms with van der Waals surface area (Å²) < 4.78 is 162. The Morgan fingerprint density at radius 3 is 1.07 bits per heavy atom. The number of rotatable bonds is 22. The lowest BCUT2D eigenvalue weighted by molar-refractivity contribution is -0.384. The van der Waals surface area contributed by atoms with Crippen LogP contribution < -0.4 is 40.1 Å². The van der Waals surface area contributed by atoms with Gasteiger partial charge in [0.25, 0.3) is 17.5 Å². The van der Waals surface area contributed by atoms with Crippen molar-refractivity contribution in [2.45, 2.75) is 79.6 Å². The Hall–Kier alpha value is -17.2. The number of nitro groups is 1. The van der Waals surface area contributed by atoms with E-state index in [0.29, 0.717) is 146 Å². The summed E-state index contributed by atoms with van der Waals surface area (Å²) in [6.07, 6.45) is 0. The molecule has 0 saturated heterocycles. The Morgan fingerprint density at radius 2 is 0.723 bits per heavy atom. The van der Waals surface area contributed by atoms with Gasteiger partial charge in [0.15, 0.2) is 62.4 Å². The minimum Gasteiger partial charge on any atom is -0.493 e. The maximum Gasteiger partial charge on any atom is 0.325 e. The Labute approximate surface area is 787 Å². The summed E-state index contributed by atoms with van der Waals surface area (Å²) in [7, 11) is 1.20. The van der Waals surface area contributed by atoms with Crippen LogP contribution in [0.2, 0.25) is 0 Å². The highest BCUT2D eigenvalue weighted by atomic mass is 19.2. The van der Waals surface area contributed by atoms with E-state index < -0.39 is 80.8 Å². The maximum atomic E-state index is 14.2. The third-order valence-corrected chi connectivity index (χ3v) is 23.0. The van der Waals surface area contributed by atoms with Crippen LogP contribution in [0, 0.1) is 81.3 Å². The SMILES string of the molecule is CC(C)CNC(=O)c1ccc2c(N=O)c(O)n(Cc3cc(F)cc4c3OCOC4)c2c1.COC(=O)CNC(=O)c1ccc2c(N=O)c(O)n(Cc3cc(F)cc4c3OCOC4)c2c1.Nc1ccc2c(c1)c(N=O)c(O)n2Cc1cc(F)cc2c1OCOC2.O=Nc1c(O)n(Cc2cc(F)cc3c2OCOC3)c2cc(F)cc(F)c12.O=Nc1c(O)n(Cc2cc(F)cc3c2OCOC3)c2ccc([N+](=O)[O-])cc12. The first-order valence-corrected chi connectivity index (χ1v) is 42.3. The summed E-state index contributed by atoms with van der Waals surface area (Å²) >= 11 is 0. The first-order chi connectivity index (χ1) is 67.9. The van der Waals surface area contributed by atoms with Gasteiger partial charge in [0.05, 0.1) is 111 Å². The second-order valence-corrected chi connectivity index (χ2v) is 32.4. The number of carbonyl (C=O) groups is 3. The molecule has 20 rings (SSSR count). The molecule has 5 aliphatic heterocycles. The number of nitrogens with zero attached hydrogens (tertiary/aromatic N) is 11. The zero-order valence-corrected chi connectivity index (χ0v) is 73.9. The van der Waals surface area contributed by atoms with Crippen LogP contribution >= 0.6 is 0 Å². The minimum absolute atomic E-state index is 0.00427. The molecule has 40 nitrogen and oxygen atoms in total. The molecule has 10 aromatic carbocycles. The smallest absolute Gasteiger partial charge is 0.325 e. The number of hydrogen-bond acceptors (Lipinski definition) is 32. The number of nitrogens with two attached hydrogens (primary N) is 1. The lowest BCUT2D eigenvalue weighted by Gasteiger charge is -2.21. The van der Waals surface area contributed by atoms with E-state index in [1.165, 1.54) is 116 Å². The number of amides is 2. The molecule has 10 heterocycles. The molecule has 9 N–H and O–H groups in total. The van der Waals surface area contributed by atoms with Crippen molar-refractivity contribution in [2.24, 2.45) is 31.8 Å². The van der Waals surface area contributed by atoms with Crippen LogP contribution in [0.5, 0.6) is 58.1 Å². The number of esters is 1. The fourth-order valence-electron chi connectivity index (χ4n) is 16.7. The third kappa shape index (κ3) is 19.9. The summed E-state index contributed by atoms with van der Waals surface area (Å²) in [5.74, 6) is -5.58. The number of fused-ring (bicyclic) bond motifs is 10. The van der Waals surface area contributed by atoms with E-state index >= 15 is 0 Å². The molecule has 728 valence electrons. The van der Waals surface area contributed by atoms with Crippen LogP contribution in [0.25, 0.3) is 54.5 Å². The number of ether oxygens (including phenoxy) is 11. The van der Waals surface area contributed by atoms with Gasteiger partial charge in [-0.25, -0.2) is 30.7 Å². The highest BCUT2D eigenvalue weighted by Gasteiger charge is 2.32. The lowest BCUT2D eigenvalue weighted by Crippen LogP contribution is -2.30. The minimum atomic E-state index is -1.03. The zero-order chi connectivity index (χ0) is 100. The number of nitrogen functional groups attached to an aromatic ring is 1. The van der Waals surface area contributed by atoms with Crippen LogP contribution in [0.15, 0.2) is 171 Å². The number of aromatic hydroxyl groups is 5. The average molecular weight is 1950 g/mol. The molecular formula is C94H77F7N14O26. The molecule has 5 aromatic heterocycles. The monoisotopic (exact) mass is 1950 g/mol. The number of hydrogen-bond donors (Lipinski definition) is 8. The summed E-state index contributed by atoms with van der Waals surface area (Å²) in [6, 6.07) is 32.2. The number of non-ortho nitro benzene ring substituents is 1. The van der Waals surface area contributed by atoms with Gasteiger partial charge in [0.1, 0.15) is 76.0 Å². The highest BCUT2D eigenvalue weighted by molar-refractivity contribution is 6.05. The number of nitroso groups, excluding NO2 is 5. The molecule has 15 aromatic rings. The van der Waals surface area contributed by atoms with Crippen LogP contribution in [0.3, 0.4) is 0 Å². The summed E-state index contributed by atoms with van der Waals surface area (Å²) in [5.41, 5.74) is 11.5. The van der Waals surface area contributed by atoms with E-state index in [-0.39, 0.29) is 180 Å². The fourth-order valence-corrected chi connectivity index (χ4v) is 16.7. The third-order valence-electron chi connectivity index (χ3n) is 23.0. The highest BCUT2D eigenvalue weighted by Crippen LogP contribution is 2.49. The number of halogens is 7. The number of nitro benzene ring substituents is 1. The molecule has 0 aliphatic carbocycles. The van der Waals surface area contributed by atoms with E-state index in [9.17, 15) is 105 Å². The molecular weight excluding hydrogens is 1870 g/mol. The summed E-state index contributed by atoms with van der Waals surface area (Å²) in [5, 5.41) is 83.8. The Morgan fingerprint density at radius 1 is 0.404 bits per heavy atom. The largest absolute Gasteiger partial charge is 0.493 e. The molecule has 0 bridgehead atoms. The second-order valence-electron chi connectivity index (χ2n) is 32.4. The van der Waals surface area contributed by atoms with Crippen molar-refractivity contribution in [1.29, 1.82) is 0 Å². The maximum absolute atomic E-state index is 14.2. The van der Waals surface area contributed by atoms with Crippen LogP contribution in [0.1, 0.15) is 90.2 Å². The summed E-state index contributed by atoms with van der Waals surface area (Å²) in [6.45, 7) is 5.01. The van der Waals surface area contributed by atoms with Gasteiger partial charge >= 0.3 is 5.97 Å². The average Bonchev–Trinajstić information content (AvgIpc) is 1.61. The second kappa shape index (κ2) is 41.4. The number of carbonyl (C=O) groups excluding carboxylic acids is 3. The molecule has 0 saturated carbocycles. The van der Waals surface area contributed by atoms with Gasteiger partial charge < -0.3 is 117 Å². The van der Waals surface area contributed by atoms with Crippen molar-refractivity contribution in [3.63, 3.8) is 0 Å². The number of nitrogens with one attached hydrogen (secondary N) is 2. The van der Waals surface area contributed by atoms with E-state index in [1.54, 1.807) is 36.4 Å². The molecule has 5 aliphatic rings. The molecule has 2 amide bonds. The van der Waals surface area contributed by atoms with Crippen LogP contribution in [-0.4, -0.2) is 125 Å². The van der Waals surface area contributed by atoms with E-state index in [2.05, 4.69) is 41.3 Å². The number of aromatic nitrogens is 5. The van der Waals surface area contributed by atoms with Gasteiger partial charge in [0, 0.05) is 119 Å². The Balaban J connectivity index is 0.000000127. The van der Waals surface area contributed by atoms with E-state index in [0.717, 1.165) is 16.7 Å². The Kier molecular flexibility index (Phi) is 28.5. The molecule has 141 heavy (non-hydrogen) atoms. The number of benzene rings is 10. The number of methoxy groups -OCH3 is 1. The number of anilines is 1. The fraction of sp³-hybridized carbons (Fsp3) is 0.223. The normalized spacial score (nSPS) is 13.2. The first-order valence-electron chi connectivity index (χ1n) is 42.3. The van der Waals surface area contributed by atoms with Gasteiger partial charge in [-0.15, -0.1) is 24.5 Å². The quantitative estimate of drug-likeness (QED) is 0.00780. The Bertz CT molecular complexity index is 7590. The molecule has 0 radical (unpaired) electrons. The van der Waals surface area contributed by atoms with E-state index in [4.69, 9.17) is 53.1 Å². The van der Waals surface area contributed by atoms with Crippen molar-refractivity contribution >= 4 is 112 Å². The van der Waals surface area contributed by atoms with Crippen molar-refractivity contribution in [3.05, 3.63) is 288 Å². The topological polar surface area (TPSA) is 519 Å². The molecule has 0 fully saturated rings. The molecule has 0 atom stereocenters. The van der Waals surface area contributed by atoms with Crippen LogP contribution in [0.4, 0.5) is 70.5 Å². The molecule has 0 unspecified atom stereocenters. The molecule has 47 heteroatoms. The van der Waals surface area contributed by atoms with Gasteiger partial charge in [-0.3, -0.25) is 24.5 Å². The van der Waals surface area contributed by atoms with Gasteiger partial charge in [-0.05, 0) is 159 Å². The van der Waals surface area contributed by atoms with Gasteiger partial charge in [-0.2, -0.15) is 0 Å². The van der Waals surface area contributed by atoms with Crippen molar-refractivity contribution in [3.8, 4) is 58.1 Å². The standard InChI is InChI=1S/C22H22FN3O5.C21H18FN3O7.C17H11F3N2O4.C17H12FN3O6.C17H14FN3O4/c1-12(2)8-24-21(27)13-3-4-17-18(7-13)26(22(28)19(17)25-29)9-14-5-16(23)6-15-10-30-11-31-20(14)15;1-30-17(26)7-23-20(27)11-2-3-15-16(6-11)25(21(28)18(15)24-29)8-12-4-14(22)5-13-9-31-10-32-19(12)13;18-10-1-8(16-9(2-10)6-25-7-26-16)5-22-13-4-11(19)3-12(20)14(13)15(21-24)17(22)23;18-11-3-9(16-10(4-11)7-26-8-27-16)6-20-14-2-1-12(21(24)25)5-13(14)15(19-23)17(20)22;18-11-3-9(16-10(4-11)7-24-8-25-16)6-21-14-2-1-12(19)5-13(14)15(20-23)17(21)22/h3-7,12,28H,8-11H2,1-2H3,(H,24,27);2-6,28H,7-10H2,1H3,(H,23,27);1-4,23H,5-7H2;1-5,22H,6-8H2;1-5,22H,6-8,19H2. The van der Waals surface area contributed by atoms with Gasteiger partial charge in [-0.1, -0.05) is 13.8 Å². The van der Waals surface area contributed by atoms with Gasteiger partial charge in [0.2, 0.25) is 29.4 Å². The zero-order valence-electron chi connectivity index (χ0n) is 73.9. The predicted molar refractivity (Wildman–Crippen MR) is 487 cm³/mol. The first kappa shape index (κ1) is 96.9. The van der Waals surface area contributed by atoms with Crippen molar-refractivity contribution in [2.75, 3.05) is 59.9 Å². The predicted octanol–water partition coefficient (Wildman–Crippen LogP) is 18.1. The van der Waals surface area contributed by atoms with Crippen molar-refractivity contribution in [1.82, 2.24) is 33.5 Å². The van der Waals surface area contributed by atoms with Crippen LogP contribution in [-0.2, 0) is 99.0 Å². The van der Waals surface area contributed by atoms with E-state index in [1.807, 2.05) is 13.8 Å².